The number of aryl methyl sites for hydroxylation is 4. The van der Waals surface area contributed by atoms with E-state index in [1.165, 1.54) is 4.90 Å². The Morgan fingerprint density at radius 2 is 1.62 bits per heavy atom. The molecule has 0 aromatic heterocycles. The Morgan fingerprint density at radius 3 is 2.15 bits per heavy atom. The van der Waals surface area contributed by atoms with Crippen molar-refractivity contribution in [2.24, 2.45) is 5.73 Å². The van der Waals surface area contributed by atoms with Gasteiger partial charge in [0, 0.05) is 18.7 Å². The van der Waals surface area contributed by atoms with Gasteiger partial charge in [-0.1, -0.05) is 42.0 Å². The summed E-state index contributed by atoms with van der Waals surface area (Å²) in [6, 6.07) is 8.75. The first-order chi connectivity index (χ1) is 18.6. The first kappa shape index (κ1) is 32.3. The number of rotatable bonds is 11. The predicted octanol–water partition coefficient (Wildman–Crippen LogP) is 3.58. The molecule has 0 radical (unpaired) electrons. The number of aliphatic hydroxyl groups excluding tert-OH is 1. The molecule has 0 fully saturated rings. The minimum absolute atomic E-state index is 0.118. The summed E-state index contributed by atoms with van der Waals surface area (Å²) in [4.78, 5) is 53.5. The van der Waals surface area contributed by atoms with Gasteiger partial charge in [0.2, 0.25) is 11.8 Å². The number of benzene rings is 2. The first-order valence-corrected chi connectivity index (χ1v) is 13.3. The molecule has 0 spiro atoms. The van der Waals surface area contributed by atoms with E-state index in [0.717, 1.165) is 22.3 Å². The van der Waals surface area contributed by atoms with Crippen molar-refractivity contribution in [2.45, 2.75) is 79.0 Å². The summed E-state index contributed by atoms with van der Waals surface area (Å²) in [5.74, 6) is -1.81. The zero-order chi connectivity index (χ0) is 30.2. The molecule has 10 nitrogen and oxygen atoms in total. The number of alkyl carbamates (subject to hydrolysis) is 1. The Bertz CT molecular complexity index is 1220. The number of nitrogens with zero attached hydrogens (tertiary/aromatic N) is 1. The lowest BCUT2D eigenvalue weighted by Crippen LogP contribution is -2.53. The van der Waals surface area contributed by atoms with E-state index in [4.69, 9.17) is 10.5 Å². The van der Waals surface area contributed by atoms with Gasteiger partial charge in [-0.15, -0.1) is 0 Å². The number of hydrogen-bond donors (Lipinski definition) is 4. The predicted molar refractivity (Wildman–Crippen MR) is 154 cm³/mol. The largest absolute Gasteiger partial charge is 0.444 e. The van der Waals surface area contributed by atoms with Crippen molar-refractivity contribution in [3.63, 3.8) is 0 Å². The molecule has 2 aromatic rings. The van der Waals surface area contributed by atoms with Gasteiger partial charge in [0.1, 0.15) is 17.7 Å². The summed E-state index contributed by atoms with van der Waals surface area (Å²) in [7, 11) is 0. The molecular weight excluding hydrogens is 512 g/mol. The summed E-state index contributed by atoms with van der Waals surface area (Å²) >= 11 is 0. The van der Waals surface area contributed by atoms with Gasteiger partial charge >= 0.3 is 6.09 Å². The maximum atomic E-state index is 14.0. The molecule has 2 unspecified atom stereocenters. The van der Waals surface area contributed by atoms with Crippen LogP contribution in [0, 0.1) is 27.7 Å². The number of amides is 4. The van der Waals surface area contributed by atoms with Gasteiger partial charge in [-0.25, -0.2) is 4.79 Å². The van der Waals surface area contributed by atoms with Gasteiger partial charge in [0.15, 0.2) is 0 Å². The molecule has 0 bridgehead atoms. The molecule has 0 saturated carbocycles. The fourth-order valence-corrected chi connectivity index (χ4v) is 4.45. The van der Waals surface area contributed by atoms with E-state index in [1.54, 1.807) is 26.8 Å². The van der Waals surface area contributed by atoms with Crippen LogP contribution in [0.15, 0.2) is 36.4 Å². The Hall–Kier alpha value is -3.92. The lowest BCUT2D eigenvalue weighted by molar-refractivity contribution is -0.141. The summed E-state index contributed by atoms with van der Waals surface area (Å²) in [5, 5.41) is 15.5. The third-order valence-electron chi connectivity index (χ3n) is 6.30. The average Bonchev–Trinajstić information content (AvgIpc) is 2.83. The number of primary amides is 1. The van der Waals surface area contributed by atoms with E-state index in [0.29, 0.717) is 11.3 Å². The van der Waals surface area contributed by atoms with Crippen molar-refractivity contribution in [2.75, 3.05) is 18.5 Å². The minimum atomic E-state index is -1.24. The number of para-hydroxylation sites is 1. The molecule has 40 heavy (non-hydrogen) atoms. The third kappa shape index (κ3) is 9.08. The molecule has 0 aliphatic rings. The van der Waals surface area contributed by atoms with Crippen LogP contribution in [-0.4, -0.2) is 58.6 Å². The van der Waals surface area contributed by atoms with Crippen molar-refractivity contribution in [3.05, 3.63) is 64.2 Å². The number of carbonyl (C=O) groups excluding carboxylic acids is 4. The highest BCUT2D eigenvalue weighted by atomic mass is 16.6. The summed E-state index contributed by atoms with van der Waals surface area (Å²) < 4.78 is 5.33. The number of aliphatic hydroxyl groups is 1. The van der Waals surface area contributed by atoms with Gasteiger partial charge in [0.25, 0.3) is 5.91 Å². The lowest BCUT2D eigenvalue weighted by Gasteiger charge is -2.35. The maximum Gasteiger partial charge on any atom is 0.408 e. The number of ether oxygens (including phenoxy) is 1. The first-order valence-electron chi connectivity index (χ1n) is 13.3. The molecule has 4 amide bonds. The van der Waals surface area contributed by atoms with E-state index in [2.05, 4.69) is 10.6 Å². The topological polar surface area (TPSA) is 151 Å². The molecule has 0 aliphatic heterocycles. The highest BCUT2D eigenvalue weighted by molar-refractivity contribution is 6.00. The third-order valence-corrected chi connectivity index (χ3v) is 6.30. The summed E-state index contributed by atoms with van der Waals surface area (Å²) in [6.07, 6.45) is -1.17. The SMILES string of the molecule is Cc1ccc(C(C(=O)Nc2c(C)cccc2C)N(CCO)C(=O)C(CCC(N)=O)NC(=O)OC(C)(C)C)c(C)c1. The van der Waals surface area contributed by atoms with Crippen LogP contribution in [0.3, 0.4) is 0 Å². The number of carbonyl (C=O) groups is 4. The van der Waals surface area contributed by atoms with Gasteiger partial charge in [-0.3, -0.25) is 14.4 Å². The Morgan fingerprint density at radius 1 is 1.00 bits per heavy atom. The van der Waals surface area contributed by atoms with E-state index in [-0.39, 0.29) is 19.4 Å². The molecule has 5 N–H and O–H groups in total. The number of hydrogen-bond acceptors (Lipinski definition) is 6. The fourth-order valence-electron chi connectivity index (χ4n) is 4.45. The molecule has 2 rings (SSSR count). The van der Waals surface area contributed by atoms with Crippen LogP contribution in [0.4, 0.5) is 10.5 Å². The number of nitrogens with two attached hydrogens (primary N) is 1. The van der Waals surface area contributed by atoms with Crippen LogP contribution in [0.1, 0.15) is 67.5 Å². The highest BCUT2D eigenvalue weighted by Crippen LogP contribution is 2.29. The van der Waals surface area contributed by atoms with E-state index < -0.39 is 48.1 Å². The maximum absolute atomic E-state index is 14.0. The smallest absolute Gasteiger partial charge is 0.408 e. The van der Waals surface area contributed by atoms with Crippen LogP contribution in [0.5, 0.6) is 0 Å². The van der Waals surface area contributed by atoms with Crippen LogP contribution < -0.4 is 16.4 Å². The Balaban J connectivity index is 2.59. The summed E-state index contributed by atoms with van der Waals surface area (Å²) in [5.41, 5.74) is 9.12. The zero-order valence-electron chi connectivity index (χ0n) is 24.5. The van der Waals surface area contributed by atoms with Crippen molar-refractivity contribution in [3.8, 4) is 0 Å². The molecule has 2 atom stereocenters. The quantitative estimate of drug-likeness (QED) is 0.333. The van der Waals surface area contributed by atoms with E-state index in [9.17, 15) is 24.3 Å². The lowest BCUT2D eigenvalue weighted by atomic mass is 9.95. The minimum Gasteiger partial charge on any atom is -0.444 e. The molecule has 0 heterocycles. The Kier molecular flexibility index (Phi) is 11.2. The van der Waals surface area contributed by atoms with Crippen LogP contribution >= 0.6 is 0 Å². The fraction of sp³-hybridized carbons (Fsp3) is 0.467. The Labute approximate surface area is 236 Å². The van der Waals surface area contributed by atoms with Gasteiger partial charge in [-0.2, -0.15) is 0 Å². The second-order valence-electron chi connectivity index (χ2n) is 11.0. The van der Waals surface area contributed by atoms with Crippen LogP contribution in [0.25, 0.3) is 0 Å². The summed E-state index contributed by atoms with van der Waals surface area (Å²) in [6.45, 7) is 11.9. The molecule has 2 aromatic carbocycles. The van der Waals surface area contributed by atoms with E-state index in [1.807, 2.05) is 58.0 Å². The van der Waals surface area contributed by atoms with Crippen LogP contribution in [-0.2, 0) is 19.1 Å². The molecule has 0 saturated heterocycles. The second kappa shape index (κ2) is 13.9. The zero-order valence-corrected chi connectivity index (χ0v) is 24.5. The number of anilines is 1. The second-order valence-corrected chi connectivity index (χ2v) is 11.0. The van der Waals surface area contributed by atoms with Gasteiger partial charge in [-0.05, 0) is 77.1 Å². The van der Waals surface area contributed by atoms with Crippen molar-refractivity contribution < 1.29 is 29.0 Å². The highest BCUT2D eigenvalue weighted by Gasteiger charge is 2.37. The van der Waals surface area contributed by atoms with Crippen LogP contribution in [0.2, 0.25) is 0 Å². The van der Waals surface area contributed by atoms with Crippen molar-refractivity contribution in [1.29, 1.82) is 0 Å². The monoisotopic (exact) mass is 554 g/mol. The van der Waals surface area contributed by atoms with Gasteiger partial charge in [0.05, 0.1) is 6.61 Å². The average molecular weight is 555 g/mol. The molecular formula is C30H42N4O6. The molecule has 218 valence electrons. The standard InChI is InChI=1S/C30H42N4O6/c1-18-11-12-22(21(4)17-18)26(27(37)33-25-19(2)9-8-10-20(25)3)34(15-16-35)28(38)23(13-14-24(31)36)32-29(39)40-30(5,6)7/h8-12,17,23,26,35H,13-16H2,1-7H3,(H2,31,36)(H,32,39)(H,33,37). The van der Waals surface area contributed by atoms with E-state index >= 15 is 0 Å². The normalized spacial score (nSPS) is 12.7. The molecule has 0 aliphatic carbocycles. The number of nitrogens with one attached hydrogen (secondary N) is 2. The van der Waals surface area contributed by atoms with Crippen molar-refractivity contribution in [1.82, 2.24) is 10.2 Å². The van der Waals surface area contributed by atoms with Gasteiger partial charge < -0.3 is 31.1 Å². The van der Waals surface area contributed by atoms with Crippen molar-refractivity contribution >= 4 is 29.5 Å². The molecule has 10 heteroatoms.